The molecular formula is C9H19NOS. The van der Waals surface area contributed by atoms with E-state index >= 15 is 0 Å². The van der Waals surface area contributed by atoms with Gasteiger partial charge in [0.2, 0.25) is 0 Å². The summed E-state index contributed by atoms with van der Waals surface area (Å²) in [6, 6.07) is 0. The molecule has 0 amide bonds. The lowest BCUT2D eigenvalue weighted by Gasteiger charge is -2.46. The van der Waals surface area contributed by atoms with Gasteiger partial charge in [-0.05, 0) is 31.6 Å². The van der Waals surface area contributed by atoms with E-state index in [2.05, 4.69) is 6.26 Å². The van der Waals surface area contributed by atoms with Crippen molar-refractivity contribution in [3.63, 3.8) is 0 Å². The zero-order chi connectivity index (χ0) is 9.19. The Balaban J connectivity index is 2.53. The summed E-state index contributed by atoms with van der Waals surface area (Å²) in [7, 11) is 0. The highest BCUT2D eigenvalue weighted by molar-refractivity contribution is 8.00. The first-order valence-electron chi connectivity index (χ1n) is 4.59. The van der Waals surface area contributed by atoms with E-state index in [4.69, 9.17) is 5.73 Å². The van der Waals surface area contributed by atoms with Crippen LogP contribution in [-0.4, -0.2) is 28.8 Å². The second-order valence-corrected chi connectivity index (χ2v) is 5.00. The minimum absolute atomic E-state index is 0.138. The van der Waals surface area contributed by atoms with Gasteiger partial charge in [-0.15, -0.1) is 0 Å². The molecule has 0 aromatic carbocycles. The Bertz CT molecular complexity index is 142. The Labute approximate surface area is 78.9 Å². The van der Waals surface area contributed by atoms with Gasteiger partial charge in [-0.3, -0.25) is 0 Å². The molecule has 3 N–H and O–H groups in total. The standard InChI is InChI=1S/C9H19NOS/c1-7(6-10)8(11)9(12-2)4-3-5-9/h7-8,11H,3-6,10H2,1-2H3. The van der Waals surface area contributed by atoms with E-state index in [-0.39, 0.29) is 16.8 Å². The predicted molar refractivity (Wildman–Crippen MR) is 54.3 cm³/mol. The van der Waals surface area contributed by atoms with E-state index in [0.29, 0.717) is 6.54 Å². The van der Waals surface area contributed by atoms with Crippen LogP contribution in [0.15, 0.2) is 0 Å². The summed E-state index contributed by atoms with van der Waals surface area (Å²) in [4.78, 5) is 0. The van der Waals surface area contributed by atoms with Crippen LogP contribution >= 0.6 is 11.8 Å². The largest absolute Gasteiger partial charge is 0.391 e. The molecular weight excluding hydrogens is 170 g/mol. The Morgan fingerprint density at radius 1 is 1.58 bits per heavy atom. The van der Waals surface area contributed by atoms with Crippen molar-refractivity contribution in [1.82, 2.24) is 0 Å². The summed E-state index contributed by atoms with van der Waals surface area (Å²) in [5.74, 6) is 0.234. The fraction of sp³-hybridized carbons (Fsp3) is 1.00. The minimum atomic E-state index is -0.216. The Morgan fingerprint density at radius 2 is 2.17 bits per heavy atom. The van der Waals surface area contributed by atoms with Crippen molar-refractivity contribution >= 4 is 11.8 Å². The molecule has 0 heterocycles. The molecule has 72 valence electrons. The number of hydrogen-bond donors (Lipinski definition) is 2. The van der Waals surface area contributed by atoms with Crippen molar-refractivity contribution in [2.24, 2.45) is 11.7 Å². The molecule has 1 rings (SSSR count). The van der Waals surface area contributed by atoms with E-state index in [1.165, 1.54) is 6.42 Å². The van der Waals surface area contributed by atoms with E-state index < -0.39 is 0 Å². The monoisotopic (exact) mass is 189 g/mol. The molecule has 3 heteroatoms. The maximum Gasteiger partial charge on any atom is 0.0724 e. The first-order valence-corrected chi connectivity index (χ1v) is 5.82. The van der Waals surface area contributed by atoms with Gasteiger partial charge in [-0.2, -0.15) is 11.8 Å². The molecule has 1 aliphatic rings. The van der Waals surface area contributed by atoms with Crippen LogP contribution in [0.2, 0.25) is 0 Å². The van der Waals surface area contributed by atoms with E-state index in [1.807, 2.05) is 6.92 Å². The minimum Gasteiger partial charge on any atom is -0.391 e. The van der Waals surface area contributed by atoms with Gasteiger partial charge in [0.15, 0.2) is 0 Å². The lowest BCUT2D eigenvalue weighted by Crippen LogP contribution is -2.49. The summed E-state index contributed by atoms with van der Waals surface area (Å²) in [5, 5.41) is 9.99. The highest BCUT2D eigenvalue weighted by Gasteiger charge is 2.44. The number of rotatable bonds is 4. The second-order valence-electron chi connectivity index (χ2n) is 3.78. The maximum absolute atomic E-state index is 9.99. The zero-order valence-corrected chi connectivity index (χ0v) is 8.73. The van der Waals surface area contributed by atoms with Crippen LogP contribution in [0.5, 0.6) is 0 Å². The molecule has 0 aromatic rings. The third kappa shape index (κ3) is 1.63. The highest BCUT2D eigenvalue weighted by atomic mass is 32.2. The molecule has 0 radical (unpaired) electrons. The van der Waals surface area contributed by atoms with E-state index in [1.54, 1.807) is 11.8 Å². The third-order valence-corrected chi connectivity index (χ3v) is 4.52. The number of hydrogen-bond acceptors (Lipinski definition) is 3. The highest BCUT2D eigenvalue weighted by Crippen LogP contribution is 2.47. The SMILES string of the molecule is CSC1(C(O)C(C)CN)CCC1. The van der Waals surface area contributed by atoms with Crippen molar-refractivity contribution < 1.29 is 5.11 Å². The van der Waals surface area contributed by atoms with Crippen molar-refractivity contribution in [2.45, 2.75) is 37.0 Å². The van der Waals surface area contributed by atoms with Crippen LogP contribution in [0.1, 0.15) is 26.2 Å². The number of aliphatic hydroxyl groups is 1. The van der Waals surface area contributed by atoms with Gasteiger partial charge in [-0.25, -0.2) is 0 Å². The van der Waals surface area contributed by atoms with Crippen molar-refractivity contribution in [3.8, 4) is 0 Å². The topological polar surface area (TPSA) is 46.2 Å². The number of thioether (sulfide) groups is 1. The summed E-state index contributed by atoms with van der Waals surface area (Å²) >= 11 is 1.81. The van der Waals surface area contributed by atoms with Crippen LogP contribution in [0, 0.1) is 5.92 Å². The predicted octanol–water partition coefficient (Wildman–Crippen LogP) is 1.23. The molecule has 0 bridgehead atoms. The average molecular weight is 189 g/mol. The van der Waals surface area contributed by atoms with Crippen LogP contribution in [-0.2, 0) is 0 Å². The molecule has 0 aromatic heterocycles. The molecule has 1 saturated carbocycles. The van der Waals surface area contributed by atoms with Crippen LogP contribution in [0.25, 0.3) is 0 Å². The van der Waals surface area contributed by atoms with E-state index in [0.717, 1.165) is 12.8 Å². The van der Waals surface area contributed by atoms with Crippen molar-refractivity contribution in [3.05, 3.63) is 0 Å². The second kappa shape index (κ2) is 3.99. The summed E-state index contributed by atoms with van der Waals surface area (Å²) in [6.45, 7) is 2.62. The summed E-state index contributed by atoms with van der Waals surface area (Å²) in [6.07, 6.45) is 5.44. The maximum atomic E-state index is 9.99. The summed E-state index contributed by atoms with van der Waals surface area (Å²) < 4.78 is 0.138. The molecule has 2 atom stereocenters. The van der Waals surface area contributed by atoms with Crippen molar-refractivity contribution in [2.75, 3.05) is 12.8 Å². The molecule has 12 heavy (non-hydrogen) atoms. The van der Waals surface area contributed by atoms with Crippen LogP contribution in [0.4, 0.5) is 0 Å². The average Bonchev–Trinajstić information content (AvgIpc) is 2.02. The zero-order valence-electron chi connectivity index (χ0n) is 7.92. The summed E-state index contributed by atoms with van der Waals surface area (Å²) in [5.41, 5.74) is 5.53. The molecule has 2 nitrogen and oxygen atoms in total. The van der Waals surface area contributed by atoms with Crippen LogP contribution in [0.3, 0.4) is 0 Å². The van der Waals surface area contributed by atoms with E-state index in [9.17, 15) is 5.11 Å². The van der Waals surface area contributed by atoms with Gasteiger partial charge in [0.25, 0.3) is 0 Å². The molecule has 0 aliphatic heterocycles. The fourth-order valence-electron chi connectivity index (χ4n) is 1.79. The fourth-order valence-corrected chi connectivity index (χ4v) is 2.96. The molecule has 0 saturated heterocycles. The van der Waals surface area contributed by atoms with Crippen molar-refractivity contribution in [1.29, 1.82) is 0 Å². The van der Waals surface area contributed by atoms with Gasteiger partial charge < -0.3 is 10.8 Å². The lowest BCUT2D eigenvalue weighted by atomic mass is 9.76. The van der Waals surface area contributed by atoms with Gasteiger partial charge >= 0.3 is 0 Å². The van der Waals surface area contributed by atoms with Gasteiger partial charge in [0, 0.05) is 4.75 Å². The lowest BCUT2D eigenvalue weighted by molar-refractivity contribution is 0.0460. The van der Waals surface area contributed by atoms with Gasteiger partial charge in [-0.1, -0.05) is 13.3 Å². The Hall–Kier alpha value is 0.270. The third-order valence-electron chi connectivity index (χ3n) is 3.06. The van der Waals surface area contributed by atoms with Gasteiger partial charge in [0.05, 0.1) is 6.10 Å². The molecule has 1 fully saturated rings. The number of nitrogens with two attached hydrogens (primary N) is 1. The molecule has 2 unspecified atom stereocenters. The Morgan fingerprint density at radius 3 is 2.42 bits per heavy atom. The smallest absolute Gasteiger partial charge is 0.0724 e. The van der Waals surface area contributed by atoms with Crippen LogP contribution < -0.4 is 5.73 Å². The molecule has 1 aliphatic carbocycles. The quantitative estimate of drug-likeness (QED) is 0.699. The normalized spacial score (nSPS) is 26.0. The number of aliphatic hydroxyl groups excluding tert-OH is 1. The first-order chi connectivity index (χ1) is 5.66. The van der Waals surface area contributed by atoms with Gasteiger partial charge in [0.1, 0.15) is 0 Å². The first kappa shape index (κ1) is 10.4. The Kier molecular flexibility index (Phi) is 3.44. The molecule has 0 spiro atoms.